The fourth-order valence-corrected chi connectivity index (χ4v) is 3.66. The highest BCUT2D eigenvalue weighted by atomic mass is 16.3. The van der Waals surface area contributed by atoms with E-state index in [1.54, 1.807) is 0 Å². The van der Waals surface area contributed by atoms with Crippen LogP contribution in [0.3, 0.4) is 0 Å². The van der Waals surface area contributed by atoms with Crippen LogP contribution in [-0.2, 0) is 12.8 Å². The van der Waals surface area contributed by atoms with E-state index in [0.717, 1.165) is 41.5 Å². The van der Waals surface area contributed by atoms with E-state index in [0.29, 0.717) is 12.1 Å². The number of aromatic nitrogens is 1. The van der Waals surface area contributed by atoms with Crippen molar-refractivity contribution in [1.29, 1.82) is 0 Å². The lowest BCUT2D eigenvalue weighted by molar-refractivity contribution is 0.0953. The quantitative estimate of drug-likeness (QED) is 0.433. The molecule has 0 bridgehead atoms. The predicted molar refractivity (Wildman–Crippen MR) is 116 cm³/mol. The van der Waals surface area contributed by atoms with Crippen molar-refractivity contribution < 1.29 is 9.21 Å². The van der Waals surface area contributed by atoms with Crippen LogP contribution >= 0.6 is 0 Å². The van der Waals surface area contributed by atoms with Crippen molar-refractivity contribution in [3.63, 3.8) is 0 Å². The van der Waals surface area contributed by atoms with Gasteiger partial charge in [-0.05, 0) is 65.8 Å². The van der Waals surface area contributed by atoms with Crippen LogP contribution in [0.15, 0.2) is 77.5 Å². The van der Waals surface area contributed by atoms with Crippen LogP contribution in [0.1, 0.15) is 34.8 Å². The van der Waals surface area contributed by atoms with E-state index >= 15 is 0 Å². The van der Waals surface area contributed by atoms with E-state index in [1.165, 1.54) is 17.5 Å². The van der Waals surface area contributed by atoms with Crippen LogP contribution in [-0.4, -0.2) is 17.4 Å². The number of fused-ring (bicyclic) bond motifs is 1. The van der Waals surface area contributed by atoms with Crippen LogP contribution in [0.2, 0.25) is 0 Å². The lowest BCUT2D eigenvalue weighted by atomic mass is 9.95. The van der Waals surface area contributed by atoms with Gasteiger partial charge in [0.05, 0.1) is 0 Å². The van der Waals surface area contributed by atoms with Crippen molar-refractivity contribution in [2.45, 2.75) is 26.2 Å². The predicted octanol–water partition coefficient (Wildman–Crippen LogP) is 5.42. The molecule has 1 amide bonds. The molecule has 4 nitrogen and oxygen atoms in total. The first-order valence-electron chi connectivity index (χ1n) is 10.0. The summed E-state index contributed by atoms with van der Waals surface area (Å²) in [4.78, 5) is 16.6. The molecule has 1 N–H and O–H groups in total. The number of amides is 1. The molecule has 0 aliphatic heterocycles. The van der Waals surface area contributed by atoms with Crippen LogP contribution in [0.25, 0.3) is 22.2 Å². The summed E-state index contributed by atoms with van der Waals surface area (Å²) in [5.41, 5.74) is 7.22. The van der Waals surface area contributed by atoms with Crippen molar-refractivity contribution in [1.82, 2.24) is 10.3 Å². The Balaban J connectivity index is 1.50. The maximum Gasteiger partial charge on any atom is 0.251 e. The molecule has 3 aromatic carbocycles. The van der Waals surface area contributed by atoms with Crippen LogP contribution < -0.4 is 5.32 Å². The van der Waals surface area contributed by atoms with Crippen molar-refractivity contribution in [2.75, 3.05) is 6.54 Å². The Kier molecular flexibility index (Phi) is 5.71. The van der Waals surface area contributed by atoms with Gasteiger partial charge in [-0.1, -0.05) is 49.4 Å². The molecule has 0 fully saturated rings. The SMILES string of the molecule is CCc1ccccc1-c1cc(CCCNC(=O)c2ccccc2)c2ocnc2c1. The molecule has 0 saturated carbocycles. The second-order valence-electron chi connectivity index (χ2n) is 7.07. The Morgan fingerprint density at radius 1 is 1.00 bits per heavy atom. The molecule has 0 saturated heterocycles. The van der Waals surface area contributed by atoms with Gasteiger partial charge in [-0.2, -0.15) is 0 Å². The highest BCUT2D eigenvalue weighted by Crippen LogP contribution is 2.30. The zero-order valence-electron chi connectivity index (χ0n) is 16.5. The van der Waals surface area contributed by atoms with Crippen molar-refractivity contribution in [3.05, 3.63) is 89.8 Å². The lowest BCUT2D eigenvalue weighted by Crippen LogP contribution is -2.24. The molecular formula is C25H24N2O2. The van der Waals surface area contributed by atoms with E-state index in [4.69, 9.17) is 4.42 Å². The monoisotopic (exact) mass is 384 g/mol. The Hall–Kier alpha value is -3.40. The number of carbonyl (C=O) groups excluding carboxylic acids is 1. The number of carbonyl (C=O) groups is 1. The van der Waals surface area contributed by atoms with Gasteiger partial charge in [0.15, 0.2) is 12.0 Å². The minimum absolute atomic E-state index is 0.0407. The number of nitrogens with one attached hydrogen (secondary N) is 1. The Bertz CT molecular complexity index is 1120. The number of aryl methyl sites for hydroxylation is 2. The fraction of sp³-hybridized carbons (Fsp3) is 0.200. The third kappa shape index (κ3) is 4.21. The highest BCUT2D eigenvalue weighted by Gasteiger charge is 2.12. The number of benzene rings is 3. The van der Waals surface area contributed by atoms with Crippen LogP contribution in [0.4, 0.5) is 0 Å². The Morgan fingerprint density at radius 3 is 2.62 bits per heavy atom. The molecule has 0 unspecified atom stereocenters. The number of oxazole rings is 1. The maximum absolute atomic E-state index is 12.2. The molecule has 4 aromatic rings. The lowest BCUT2D eigenvalue weighted by Gasteiger charge is -2.11. The van der Waals surface area contributed by atoms with Gasteiger partial charge in [-0.3, -0.25) is 4.79 Å². The highest BCUT2D eigenvalue weighted by molar-refractivity contribution is 5.94. The van der Waals surface area contributed by atoms with Crippen molar-refractivity contribution in [2.24, 2.45) is 0 Å². The molecule has 0 aliphatic rings. The summed E-state index contributed by atoms with van der Waals surface area (Å²) in [7, 11) is 0. The fourth-order valence-electron chi connectivity index (χ4n) is 3.66. The first-order chi connectivity index (χ1) is 14.3. The van der Waals surface area contributed by atoms with Gasteiger partial charge < -0.3 is 9.73 Å². The summed E-state index contributed by atoms with van der Waals surface area (Å²) < 4.78 is 5.65. The van der Waals surface area contributed by atoms with Gasteiger partial charge in [0.25, 0.3) is 5.91 Å². The molecule has 0 aliphatic carbocycles. The average molecular weight is 384 g/mol. The van der Waals surface area contributed by atoms with Crippen molar-refractivity contribution in [3.8, 4) is 11.1 Å². The Morgan fingerprint density at radius 2 is 1.79 bits per heavy atom. The summed E-state index contributed by atoms with van der Waals surface area (Å²) >= 11 is 0. The second kappa shape index (κ2) is 8.74. The second-order valence-corrected chi connectivity index (χ2v) is 7.07. The van der Waals surface area contributed by atoms with Gasteiger partial charge in [-0.25, -0.2) is 4.98 Å². The molecule has 29 heavy (non-hydrogen) atoms. The number of rotatable bonds is 7. The van der Waals surface area contributed by atoms with Gasteiger partial charge in [-0.15, -0.1) is 0 Å². The van der Waals surface area contributed by atoms with E-state index < -0.39 is 0 Å². The molecule has 0 atom stereocenters. The minimum Gasteiger partial charge on any atom is -0.443 e. The Labute approximate surface area is 170 Å². The summed E-state index contributed by atoms with van der Waals surface area (Å²) in [6.45, 7) is 2.78. The molecular weight excluding hydrogens is 360 g/mol. The van der Waals surface area contributed by atoms with Crippen LogP contribution in [0.5, 0.6) is 0 Å². The molecule has 0 spiro atoms. The zero-order chi connectivity index (χ0) is 20.1. The number of hydrogen-bond acceptors (Lipinski definition) is 3. The maximum atomic E-state index is 12.2. The van der Waals surface area contributed by atoms with Gasteiger partial charge in [0, 0.05) is 12.1 Å². The minimum atomic E-state index is -0.0407. The topological polar surface area (TPSA) is 55.1 Å². The third-order valence-corrected chi connectivity index (χ3v) is 5.16. The smallest absolute Gasteiger partial charge is 0.251 e. The summed E-state index contributed by atoms with van der Waals surface area (Å²) in [5, 5.41) is 2.99. The van der Waals surface area contributed by atoms with E-state index in [1.807, 2.05) is 30.3 Å². The molecule has 4 heteroatoms. The third-order valence-electron chi connectivity index (χ3n) is 5.16. The first-order valence-corrected chi connectivity index (χ1v) is 10.0. The van der Waals surface area contributed by atoms with Gasteiger partial charge in [0.1, 0.15) is 5.52 Å². The van der Waals surface area contributed by atoms with E-state index in [9.17, 15) is 4.79 Å². The van der Waals surface area contributed by atoms with E-state index in [2.05, 4.69) is 53.6 Å². The summed E-state index contributed by atoms with van der Waals surface area (Å²) in [6, 6.07) is 22.0. The standard InChI is InChI=1S/C25H24N2O2/c1-2-18-9-6-7-13-22(18)21-15-20(24-23(16-21)27-17-29-24)12-8-14-26-25(28)19-10-4-3-5-11-19/h3-7,9-11,13,15-17H,2,8,12,14H2,1H3,(H,26,28). The normalized spacial score (nSPS) is 10.9. The van der Waals surface area contributed by atoms with E-state index in [-0.39, 0.29) is 5.91 Å². The molecule has 4 rings (SSSR count). The van der Waals surface area contributed by atoms with Gasteiger partial charge >= 0.3 is 0 Å². The zero-order valence-corrected chi connectivity index (χ0v) is 16.5. The summed E-state index contributed by atoms with van der Waals surface area (Å²) in [5.74, 6) is -0.0407. The first kappa shape index (κ1) is 18.9. The van der Waals surface area contributed by atoms with Crippen molar-refractivity contribution >= 4 is 17.0 Å². The van der Waals surface area contributed by atoms with Crippen LogP contribution in [0, 0.1) is 0 Å². The number of hydrogen-bond donors (Lipinski definition) is 1. The number of nitrogens with zero attached hydrogens (tertiary/aromatic N) is 1. The molecule has 146 valence electrons. The average Bonchev–Trinajstić information content (AvgIpc) is 3.26. The van der Waals surface area contributed by atoms with Gasteiger partial charge in [0.2, 0.25) is 0 Å². The molecule has 0 radical (unpaired) electrons. The molecule has 1 aromatic heterocycles. The molecule has 1 heterocycles. The summed E-state index contributed by atoms with van der Waals surface area (Å²) in [6.07, 6.45) is 4.12. The largest absolute Gasteiger partial charge is 0.443 e.